The Hall–Kier alpha value is -0.520. The third-order valence-corrected chi connectivity index (χ3v) is 6.12. The van der Waals surface area contributed by atoms with Crippen molar-refractivity contribution in [2.24, 2.45) is 35.5 Å². The molecule has 0 aromatic rings. The minimum absolute atomic E-state index is 0.634. The average molecular weight is 291 g/mol. The average Bonchev–Trinajstić information content (AvgIpc) is 2.35. The van der Waals surface area contributed by atoms with Crippen molar-refractivity contribution in [2.45, 2.75) is 73.6 Å². The summed E-state index contributed by atoms with van der Waals surface area (Å²) < 4.78 is 0. The molecule has 0 nitrogen and oxygen atoms in total. The summed E-state index contributed by atoms with van der Waals surface area (Å²) in [5, 5.41) is 0. The highest BCUT2D eigenvalue weighted by Crippen LogP contribution is 2.44. The van der Waals surface area contributed by atoms with Crippen LogP contribution in [0.1, 0.15) is 73.6 Å². The Morgan fingerprint density at radius 1 is 1.10 bits per heavy atom. The van der Waals surface area contributed by atoms with Crippen molar-refractivity contribution in [3.63, 3.8) is 0 Å². The van der Waals surface area contributed by atoms with Crippen molar-refractivity contribution in [3.05, 3.63) is 24.3 Å². The zero-order valence-corrected chi connectivity index (χ0v) is 15.4. The second-order valence-corrected chi connectivity index (χ2v) is 8.01. The zero-order valence-electron chi connectivity index (χ0n) is 15.4. The van der Waals surface area contributed by atoms with E-state index in [0.717, 1.165) is 23.7 Å². The Morgan fingerprint density at radius 3 is 2.00 bits per heavy atom. The predicted octanol–water partition coefficient (Wildman–Crippen LogP) is 6.88. The van der Waals surface area contributed by atoms with E-state index >= 15 is 0 Å². The van der Waals surface area contributed by atoms with Crippen LogP contribution in [0.2, 0.25) is 0 Å². The van der Waals surface area contributed by atoms with E-state index in [1.165, 1.54) is 43.3 Å². The maximum absolute atomic E-state index is 4.41. The predicted molar refractivity (Wildman–Crippen MR) is 96.3 cm³/mol. The lowest BCUT2D eigenvalue weighted by Gasteiger charge is -2.41. The van der Waals surface area contributed by atoms with Gasteiger partial charge in [-0.2, -0.15) is 0 Å². The molecule has 0 aromatic carbocycles. The van der Waals surface area contributed by atoms with Gasteiger partial charge in [0.1, 0.15) is 0 Å². The highest BCUT2D eigenvalue weighted by molar-refractivity contribution is 5.26. The van der Waals surface area contributed by atoms with Gasteiger partial charge >= 0.3 is 0 Å². The van der Waals surface area contributed by atoms with E-state index in [0.29, 0.717) is 11.8 Å². The summed E-state index contributed by atoms with van der Waals surface area (Å²) in [6.07, 6.45) is 6.92. The third kappa shape index (κ3) is 4.73. The second-order valence-electron chi connectivity index (χ2n) is 8.01. The fourth-order valence-corrected chi connectivity index (χ4v) is 4.40. The van der Waals surface area contributed by atoms with Crippen LogP contribution >= 0.6 is 0 Å². The van der Waals surface area contributed by atoms with Crippen LogP contribution in [0.4, 0.5) is 0 Å². The minimum Gasteiger partial charge on any atom is -0.0958 e. The van der Waals surface area contributed by atoms with Gasteiger partial charge in [-0.3, -0.25) is 0 Å². The van der Waals surface area contributed by atoms with Gasteiger partial charge in [-0.1, -0.05) is 79.0 Å². The Kier molecular flexibility index (Phi) is 7.24. The van der Waals surface area contributed by atoms with Crippen LogP contribution < -0.4 is 0 Å². The molecular weight excluding hydrogens is 252 g/mol. The summed E-state index contributed by atoms with van der Waals surface area (Å²) in [7, 11) is 0. The summed E-state index contributed by atoms with van der Waals surface area (Å²) in [5.74, 6) is 4.62. The number of allylic oxidation sites excluding steroid dienone is 2. The molecule has 1 saturated carbocycles. The Balaban J connectivity index is 2.92. The van der Waals surface area contributed by atoms with E-state index < -0.39 is 0 Å². The van der Waals surface area contributed by atoms with E-state index in [9.17, 15) is 0 Å². The summed E-state index contributed by atoms with van der Waals surface area (Å²) in [6, 6.07) is 0. The third-order valence-electron chi connectivity index (χ3n) is 6.12. The van der Waals surface area contributed by atoms with Crippen molar-refractivity contribution in [2.75, 3.05) is 0 Å². The van der Waals surface area contributed by atoms with Gasteiger partial charge < -0.3 is 0 Å². The van der Waals surface area contributed by atoms with Gasteiger partial charge in [0, 0.05) is 0 Å². The molecule has 1 aliphatic carbocycles. The van der Waals surface area contributed by atoms with Crippen LogP contribution in [-0.2, 0) is 0 Å². The molecule has 4 atom stereocenters. The van der Waals surface area contributed by atoms with E-state index in [2.05, 4.69) is 54.7 Å². The van der Waals surface area contributed by atoms with Crippen LogP contribution in [0, 0.1) is 35.5 Å². The molecule has 0 amide bonds. The molecule has 1 rings (SSSR count). The van der Waals surface area contributed by atoms with Crippen LogP contribution in [0.25, 0.3) is 0 Å². The molecular formula is C21H38. The maximum Gasteiger partial charge on any atom is -0.0134 e. The van der Waals surface area contributed by atoms with Crippen LogP contribution in [0.15, 0.2) is 24.3 Å². The largest absolute Gasteiger partial charge is 0.0958 e. The van der Waals surface area contributed by atoms with Gasteiger partial charge in [0.2, 0.25) is 0 Å². The van der Waals surface area contributed by atoms with Crippen LogP contribution in [0.5, 0.6) is 0 Å². The lowest BCUT2D eigenvalue weighted by Crippen LogP contribution is -2.33. The van der Waals surface area contributed by atoms with Crippen LogP contribution in [0.3, 0.4) is 0 Å². The monoisotopic (exact) mass is 290 g/mol. The number of hydrogen-bond donors (Lipinski definition) is 0. The van der Waals surface area contributed by atoms with E-state index in [-0.39, 0.29) is 0 Å². The molecule has 0 heteroatoms. The fourth-order valence-electron chi connectivity index (χ4n) is 4.40. The Morgan fingerprint density at radius 2 is 1.67 bits per heavy atom. The topological polar surface area (TPSA) is 0 Å². The highest BCUT2D eigenvalue weighted by Gasteiger charge is 2.34. The number of hydrogen-bond acceptors (Lipinski definition) is 0. The molecule has 0 spiro atoms. The van der Waals surface area contributed by atoms with Crippen LogP contribution in [-0.4, -0.2) is 0 Å². The molecule has 0 N–H and O–H groups in total. The van der Waals surface area contributed by atoms with Crippen molar-refractivity contribution in [1.82, 2.24) is 0 Å². The smallest absolute Gasteiger partial charge is 0.0134 e. The summed E-state index contributed by atoms with van der Waals surface area (Å²) in [6.45, 7) is 22.8. The van der Waals surface area contributed by atoms with Gasteiger partial charge in [-0.05, 0) is 54.4 Å². The van der Waals surface area contributed by atoms with Gasteiger partial charge in [0.05, 0.1) is 0 Å². The molecule has 0 heterocycles. The van der Waals surface area contributed by atoms with E-state index in [1.807, 2.05) is 0 Å². The van der Waals surface area contributed by atoms with Gasteiger partial charge in [-0.25, -0.2) is 0 Å². The molecule has 0 aromatic heterocycles. The lowest BCUT2D eigenvalue weighted by atomic mass is 9.64. The first-order chi connectivity index (χ1) is 9.79. The van der Waals surface area contributed by atoms with Crippen molar-refractivity contribution in [3.8, 4) is 0 Å². The molecule has 0 saturated heterocycles. The quantitative estimate of drug-likeness (QED) is 0.406. The van der Waals surface area contributed by atoms with E-state index in [4.69, 9.17) is 0 Å². The first-order valence-corrected chi connectivity index (χ1v) is 9.14. The van der Waals surface area contributed by atoms with Crippen molar-refractivity contribution in [1.29, 1.82) is 0 Å². The normalized spacial score (nSPS) is 21.5. The maximum atomic E-state index is 4.41. The van der Waals surface area contributed by atoms with Gasteiger partial charge in [0.15, 0.2) is 0 Å². The first-order valence-electron chi connectivity index (χ1n) is 9.14. The Labute approximate surface area is 134 Å². The minimum atomic E-state index is 0.634. The highest BCUT2D eigenvalue weighted by atomic mass is 14.4. The molecule has 1 fully saturated rings. The zero-order chi connectivity index (χ0) is 16.2. The van der Waals surface area contributed by atoms with E-state index in [1.54, 1.807) is 0 Å². The first kappa shape index (κ1) is 18.5. The SMILES string of the molecule is C=C(C)C(=C)C(CC1CCC1)C(C)C(C(C)C)C(C)CC. The summed E-state index contributed by atoms with van der Waals surface area (Å²) >= 11 is 0. The molecule has 122 valence electrons. The van der Waals surface area contributed by atoms with Crippen molar-refractivity contribution < 1.29 is 0 Å². The molecule has 0 aliphatic heterocycles. The molecule has 0 radical (unpaired) electrons. The second kappa shape index (κ2) is 8.20. The Bertz CT molecular complexity index is 345. The van der Waals surface area contributed by atoms with Gasteiger partial charge in [-0.15, -0.1) is 0 Å². The summed E-state index contributed by atoms with van der Waals surface area (Å²) in [5.41, 5.74) is 2.51. The summed E-state index contributed by atoms with van der Waals surface area (Å²) in [4.78, 5) is 0. The number of rotatable bonds is 9. The lowest BCUT2D eigenvalue weighted by molar-refractivity contribution is 0.121. The van der Waals surface area contributed by atoms with Gasteiger partial charge in [0.25, 0.3) is 0 Å². The standard InChI is InChI=1S/C21H38/c1-9-16(6)21(15(4)5)18(8)20(17(7)14(2)3)13-19-11-10-12-19/h15-16,18-21H,2,7,9-13H2,1,3-6,8H3. The molecule has 21 heavy (non-hydrogen) atoms. The molecule has 1 aliphatic rings. The molecule has 0 bridgehead atoms. The van der Waals surface area contributed by atoms with Crippen molar-refractivity contribution >= 4 is 0 Å². The fraction of sp³-hybridized carbons (Fsp3) is 0.810. The molecule has 4 unspecified atom stereocenters.